The number of rotatable bonds is 8. The van der Waals surface area contributed by atoms with Gasteiger partial charge >= 0.3 is 0 Å². The minimum atomic E-state index is 0.0781. The minimum absolute atomic E-state index is 0.0781. The molecule has 0 saturated heterocycles. The van der Waals surface area contributed by atoms with Crippen LogP contribution in [0.25, 0.3) is 0 Å². The fraction of sp³-hybridized carbons (Fsp3) is 0.900. The fourth-order valence-corrected chi connectivity index (χ4v) is 1.17. The van der Waals surface area contributed by atoms with E-state index in [9.17, 15) is 4.79 Å². The van der Waals surface area contributed by atoms with E-state index in [2.05, 4.69) is 0 Å². The van der Waals surface area contributed by atoms with E-state index in [1.54, 1.807) is 4.90 Å². The van der Waals surface area contributed by atoms with Crippen molar-refractivity contribution in [3.05, 3.63) is 0 Å². The fourth-order valence-electron chi connectivity index (χ4n) is 1.17. The van der Waals surface area contributed by atoms with Gasteiger partial charge in [-0.2, -0.15) is 0 Å². The van der Waals surface area contributed by atoms with Gasteiger partial charge in [0.05, 0.1) is 6.61 Å². The number of amides is 1. The topological polar surface area (TPSA) is 49.8 Å². The van der Waals surface area contributed by atoms with Crippen molar-refractivity contribution in [2.45, 2.75) is 26.7 Å². The molecule has 0 aromatic heterocycles. The van der Waals surface area contributed by atoms with Crippen LogP contribution in [0.3, 0.4) is 0 Å². The van der Waals surface area contributed by atoms with Gasteiger partial charge in [-0.1, -0.05) is 0 Å². The molecular weight excluding hydrogens is 182 g/mol. The van der Waals surface area contributed by atoms with Gasteiger partial charge in [-0.15, -0.1) is 0 Å². The first-order valence-electron chi connectivity index (χ1n) is 5.22. The number of aliphatic hydroxyl groups excluding tert-OH is 1. The summed E-state index contributed by atoms with van der Waals surface area (Å²) in [5.74, 6) is 0.0984. The Morgan fingerprint density at radius 2 is 2.14 bits per heavy atom. The first-order valence-corrected chi connectivity index (χ1v) is 5.22. The monoisotopic (exact) mass is 203 g/mol. The molecule has 1 N–H and O–H groups in total. The van der Waals surface area contributed by atoms with Crippen LogP contribution in [0, 0.1) is 0 Å². The molecule has 1 amide bonds. The number of hydrogen-bond acceptors (Lipinski definition) is 3. The Kier molecular flexibility index (Phi) is 8.57. The number of carbonyl (C=O) groups is 1. The van der Waals surface area contributed by atoms with Gasteiger partial charge in [0.1, 0.15) is 0 Å². The molecule has 4 heteroatoms. The molecule has 0 rings (SSSR count). The molecule has 84 valence electrons. The van der Waals surface area contributed by atoms with E-state index in [1.165, 1.54) is 0 Å². The molecule has 0 bridgehead atoms. The zero-order valence-corrected chi connectivity index (χ0v) is 9.16. The summed E-state index contributed by atoms with van der Waals surface area (Å²) in [4.78, 5) is 13.2. The summed E-state index contributed by atoms with van der Waals surface area (Å²) in [6.45, 7) is 6.59. The van der Waals surface area contributed by atoms with Gasteiger partial charge in [0, 0.05) is 32.7 Å². The van der Waals surface area contributed by atoms with Crippen molar-refractivity contribution >= 4 is 5.91 Å². The number of aliphatic hydroxyl groups is 1. The third-order valence-corrected chi connectivity index (χ3v) is 1.99. The van der Waals surface area contributed by atoms with Crippen molar-refractivity contribution < 1.29 is 14.6 Å². The highest BCUT2D eigenvalue weighted by Crippen LogP contribution is 1.97. The Morgan fingerprint density at radius 1 is 1.43 bits per heavy atom. The van der Waals surface area contributed by atoms with E-state index >= 15 is 0 Å². The van der Waals surface area contributed by atoms with Crippen molar-refractivity contribution in [2.75, 3.05) is 32.9 Å². The molecule has 0 aliphatic heterocycles. The van der Waals surface area contributed by atoms with Crippen molar-refractivity contribution in [3.63, 3.8) is 0 Å². The summed E-state index contributed by atoms with van der Waals surface area (Å²) in [5.41, 5.74) is 0. The van der Waals surface area contributed by atoms with Crippen LogP contribution in [0.4, 0.5) is 0 Å². The van der Waals surface area contributed by atoms with Gasteiger partial charge in [-0.25, -0.2) is 0 Å². The van der Waals surface area contributed by atoms with Crippen LogP contribution in [-0.4, -0.2) is 48.8 Å². The van der Waals surface area contributed by atoms with Crippen molar-refractivity contribution in [1.82, 2.24) is 4.90 Å². The summed E-state index contributed by atoms with van der Waals surface area (Å²) in [6.07, 6.45) is 0.973. The Labute approximate surface area is 85.9 Å². The summed E-state index contributed by atoms with van der Waals surface area (Å²) >= 11 is 0. The highest BCUT2D eigenvalue weighted by Gasteiger charge is 2.09. The highest BCUT2D eigenvalue weighted by atomic mass is 16.5. The molecule has 0 saturated carbocycles. The normalized spacial score (nSPS) is 10.2. The van der Waals surface area contributed by atoms with Gasteiger partial charge in [0.2, 0.25) is 5.91 Å². The molecular formula is C10H21NO3. The van der Waals surface area contributed by atoms with Crippen molar-refractivity contribution in [3.8, 4) is 0 Å². The molecule has 0 aromatic rings. The van der Waals surface area contributed by atoms with E-state index in [1.807, 2.05) is 13.8 Å². The predicted molar refractivity (Wildman–Crippen MR) is 55.1 cm³/mol. The number of nitrogens with zero attached hydrogens (tertiary/aromatic N) is 1. The lowest BCUT2D eigenvalue weighted by molar-refractivity contribution is -0.132. The van der Waals surface area contributed by atoms with E-state index < -0.39 is 0 Å². The molecule has 0 aliphatic carbocycles. The van der Waals surface area contributed by atoms with E-state index in [-0.39, 0.29) is 12.5 Å². The number of hydrogen-bond donors (Lipinski definition) is 1. The Morgan fingerprint density at radius 3 is 2.64 bits per heavy atom. The van der Waals surface area contributed by atoms with Crippen LogP contribution in [0.1, 0.15) is 26.7 Å². The third kappa shape index (κ3) is 5.94. The zero-order chi connectivity index (χ0) is 10.8. The highest BCUT2D eigenvalue weighted by molar-refractivity contribution is 5.76. The van der Waals surface area contributed by atoms with Gasteiger partial charge in [-0.05, 0) is 20.3 Å². The maximum atomic E-state index is 11.5. The van der Waals surface area contributed by atoms with Crippen LogP contribution in [0.5, 0.6) is 0 Å². The number of ether oxygens (including phenoxy) is 1. The number of carbonyl (C=O) groups excluding carboxylic acids is 1. The molecule has 14 heavy (non-hydrogen) atoms. The maximum absolute atomic E-state index is 11.5. The first kappa shape index (κ1) is 13.4. The lowest BCUT2D eigenvalue weighted by Gasteiger charge is -2.20. The Hall–Kier alpha value is -0.610. The Balaban J connectivity index is 3.69. The molecule has 4 nitrogen and oxygen atoms in total. The van der Waals surface area contributed by atoms with Gasteiger partial charge in [-0.3, -0.25) is 4.79 Å². The second-order valence-corrected chi connectivity index (χ2v) is 3.00. The number of likely N-dealkylation sites (N-methyl/N-ethyl adjacent to an activating group) is 1. The van der Waals surface area contributed by atoms with Crippen LogP contribution in [-0.2, 0) is 9.53 Å². The summed E-state index contributed by atoms with van der Waals surface area (Å²) < 4.78 is 5.18. The molecule has 0 aliphatic rings. The standard InChI is InChI=1S/C10H21NO3/c1-3-11(7-9-14-4-2)10(13)6-5-8-12/h12H,3-9H2,1-2H3. The van der Waals surface area contributed by atoms with Crippen molar-refractivity contribution in [2.24, 2.45) is 0 Å². The van der Waals surface area contributed by atoms with E-state index in [0.29, 0.717) is 39.1 Å². The minimum Gasteiger partial charge on any atom is -0.396 e. The second-order valence-electron chi connectivity index (χ2n) is 3.00. The molecule has 0 heterocycles. The van der Waals surface area contributed by atoms with Gasteiger partial charge in [0.25, 0.3) is 0 Å². The lowest BCUT2D eigenvalue weighted by atomic mass is 10.3. The quantitative estimate of drug-likeness (QED) is 0.589. The maximum Gasteiger partial charge on any atom is 0.222 e. The molecule has 0 atom stereocenters. The van der Waals surface area contributed by atoms with Gasteiger partial charge in [0.15, 0.2) is 0 Å². The summed E-state index contributed by atoms with van der Waals surface area (Å²) in [6, 6.07) is 0. The smallest absolute Gasteiger partial charge is 0.222 e. The predicted octanol–water partition coefficient (Wildman–Crippen LogP) is 0.644. The second kappa shape index (κ2) is 8.97. The first-order chi connectivity index (χ1) is 6.76. The van der Waals surface area contributed by atoms with Crippen LogP contribution in [0.2, 0.25) is 0 Å². The van der Waals surface area contributed by atoms with E-state index in [4.69, 9.17) is 9.84 Å². The largest absolute Gasteiger partial charge is 0.396 e. The van der Waals surface area contributed by atoms with Crippen LogP contribution >= 0.6 is 0 Å². The molecule has 0 aromatic carbocycles. The molecule has 0 radical (unpaired) electrons. The zero-order valence-electron chi connectivity index (χ0n) is 9.16. The average Bonchev–Trinajstić information content (AvgIpc) is 2.21. The van der Waals surface area contributed by atoms with Crippen LogP contribution in [0.15, 0.2) is 0 Å². The SMILES string of the molecule is CCOCCN(CC)C(=O)CCCO. The van der Waals surface area contributed by atoms with E-state index in [0.717, 1.165) is 0 Å². The van der Waals surface area contributed by atoms with Gasteiger partial charge < -0.3 is 14.7 Å². The van der Waals surface area contributed by atoms with Crippen LogP contribution < -0.4 is 0 Å². The summed E-state index contributed by atoms with van der Waals surface area (Å²) in [5, 5.41) is 8.59. The summed E-state index contributed by atoms with van der Waals surface area (Å²) in [7, 11) is 0. The molecule has 0 spiro atoms. The average molecular weight is 203 g/mol. The van der Waals surface area contributed by atoms with Crippen molar-refractivity contribution in [1.29, 1.82) is 0 Å². The molecule has 0 fully saturated rings. The lowest BCUT2D eigenvalue weighted by Crippen LogP contribution is -2.33. The molecule has 0 unspecified atom stereocenters. The third-order valence-electron chi connectivity index (χ3n) is 1.99. The Bertz CT molecular complexity index is 150.